The molecule has 0 atom stereocenters. The van der Waals surface area contributed by atoms with E-state index in [2.05, 4.69) is 22.3 Å². The van der Waals surface area contributed by atoms with E-state index in [-0.39, 0.29) is 11.8 Å². The number of nitrogens with one attached hydrogen (secondary N) is 3. The molecule has 1 aromatic carbocycles. The molecule has 0 fully saturated rings. The van der Waals surface area contributed by atoms with Crippen molar-refractivity contribution < 1.29 is 13.2 Å². The molecule has 0 saturated carbocycles. The number of aryl methyl sites for hydroxylation is 1. The van der Waals surface area contributed by atoms with Crippen molar-refractivity contribution in [1.29, 1.82) is 0 Å². The van der Waals surface area contributed by atoms with Gasteiger partial charge in [-0.25, -0.2) is 13.2 Å². The Morgan fingerprint density at radius 2 is 1.91 bits per heavy atom. The summed E-state index contributed by atoms with van der Waals surface area (Å²) in [5.41, 5.74) is 1.90. The predicted octanol–water partition coefficient (Wildman–Crippen LogP) is 3.07. The van der Waals surface area contributed by atoms with Crippen LogP contribution in [-0.2, 0) is 10.0 Å². The van der Waals surface area contributed by atoms with E-state index in [9.17, 15) is 13.2 Å². The van der Waals surface area contributed by atoms with E-state index in [1.54, 1.807) is 32.0 Å². The van der Waals surface area contributed by atoms with Gasteiger partial charge in [0.25, 0.3) is 0 Å². The summed E-state index contributed by atoms with van der Waals surface area (Å²) in [6.45, 7) is 6.12. The number of sulfonamides is 1. The molecule has 0 radical (unpaired) electrons. The molecule has 2 amide bonds. The van der Waals surface area contributed by atoms with E-state index in [1.165, 1.54) is 0 Å². The number of urea groups is 1. The number of hydrogen-bond donors (Lipinski definition) is 3. The first-order valence-electron chi connectivity index (χ1n) is 7.54. The highest BCUT2D eigenvalue weighted by atomic mass is 32.2. The van der Waals surface area contributed by atoms with Crippen molar-refractivity contribution in [2.45, 2.75) is 40.0 Å². The second-order valence-electron chi connectivity index (χ2n) is 5.12. The first-order chi connectivity index (χ1) is 10.4. The fourth-order valence-corrected chi connectivity index (χ4v) is 2.56. The van der Waals surface area contributed by atoms with Gasteiger partial charge in [0.15, 0.2) is 0 Å². The van der Waals surface area contributed by atoms with Crippen LogP contribution >= 0.6 is 0 Å². The molecule has 1 rings (SSSR count). The summed E-state index contributed by atoms with van der Waals surface area (Å²) in [4.78, 5) is 11.7. The fourth-order valence-electron chi connectivity index (χ4n) is 1.85. The molecule has 0 aromatic heterocycles. The Morgan fingerprint density at radius 3 is 2.50 bits per heavy atom. The van der Waals surface area contributed by atoms with Crippen molar-refractivity contribution in [3.05, 3.63) is 23.8 Å². The Labute approximate surface area is 132 Å². The van der Waals surface area contributed by atoms with Crippen LogP contribution in [0.15, 0.2) is 18.2 Å². The van der Waals surface area contributed by atoms with Crippen LogP contribution in [0.1, 0.15) is 38.7 Å². The molecule has 0 unspecified atom stereocenters. The average molecular weight is 327 g/mol. The third-order valence-electron chi connectivity index (χ3n) is 3.20. The zero-order chi connectivity index (χ0) is 16.6. The lowest BCUT2D eigenvalue weighted by atomic mass is 10.2. The van der Waals surface area contributed by atoms with Crippen molar-refractivity contribution in [3.8, 4) is 0 Å². The van der Waals surface area contributed by atoms with E-state index in [1.807, 2.05) is 0 Å². The van der Waals surface area contributed by atoms with Crippen LogP contribution in [0.4, 0.5) is 16.2 Å². The number of rotatable bonds is 8. The zero-order valence-electron chi connectivity index (χ0n) is 13.4. The Balaban J connectivity index is 2.60. The molecule has 7 heteroatoms. The van der Waals surface area contributed by atoms with E-state index in [0.717, 1.165) is 24.8 Å². The van der Waals surface area contributed by atoms with Crippen LogP contribution in [0.2, 0.25) is 0 Å². The maximum absolute atomic E-state index is 11.7. The Hall–Kier alpha value is -1.76. The molecule has 0 bridgehead atoms. The molecule has 0 aliphatic rings. The Morgan fingerprint density at radius 1 is 1.18 bits per heavy atom. The van der Waals surface area contributed by atoms with E-state index < -0.39 is 10.0 Å². The summed E-state index contributed by atoms with van der Waals surface area (Å²) in [6, 6.07) is 4.80. The summed E-state index contributed by atoms with van der Waals surface area (Å²) in [5, 5.41) is 5.52. The molecule has 6 nitrogen and oxygen atoms in total. The second kappa shape index (κ2) is 8.63. The van der Waals surface area contributed by atoms with Gasteiger partial charge in [-0.3, -0.25) is 4.72 Å². The molecule has 1 aromatic rings. The van der Waals surface area contributed by atoms with Gasteiger partial charge in [0.1, 0.15) is 0 Å². The normalized spacial score (nSPS) is 11.0. The van der Waals surface area contributed by atoms with Crippen molar-refractivity contribution in [1.82, 2.24) is 5.32 Å². The largest absolute Gasteiger partial charge is 0.338 e. The zero-order valence-corrected chi connectivity index (χ0v) is 14.2. The van der Waals surface area contributed by atoms with Crippen LogP contribution < -0.4 is 15.4 Å². The fraction of sp³-hybridized carbons (Fsp3) is 0.533. The van der Waals surface area contributed by atoms with Gasteiger partial charge < -0.3 is 10.6 Å². The quantitative estimate of drug-likeness (QED) is 0.641. The van der Waals surface area contributed by atoms with Crippen LogP contribution in [0.5, 0.6) is 0 Å². The molecule has 124 valence electrons. The number of benzene rings is 1. The average Bonchev–Trinajstić information content (AvgIpc) is 2.46. The van der Waals surface area contributed by atoms with Gasteiger partial charge in [0.05, 0.1) is 11.4 Å². The van der Waals surface area contributed by atoms with E-state index in [0.29, 0.717) is 17.9 Å². The molecular weight excluding hydrogens is 302 g/mol. The maximum Gasteiger partial charge on any atom is 0.319 e. The van der Waals surface area contributed by atoms with Crippen LogP contribution in [0, 0.1) is 6.92 Å². The third-order valence-corrected chi connectivity index (χ3v) is 4.49. The first kappa shape index (κ1) is 18.3. The number of anilines is 2. The van der Waals surface area contributed by atoms with Crippen molar-refractivity contribution in [3.63, 3.8) is 0 Å². The minimum absolute atomic E-state index is 0.0204. The predicted molar refractivity (Wildman–Crippen MR) is 90.8 cm³/mol. The number of carbonyl (C=O) groups is 1. The van der Waals surface area contributed by atoms with Crippen molar-refractivity contribution in [2.24, 2.45) is 0 Å². The molecular formula is C15H25N3O3S. The number of carbonyl (C=O) groups excluding carboxylic acids is 1. The lowest BCUT2D eigenvalue weighted by Gasteiger charge is -2.12. The van der Waals surface area contributed by atoms with Crippen LogP contribution in [-0.4, -0.2) is 26.7 Å². The van der Waals surface area contributed by atoms with Gasteiger partial charge in [-0.2, -0.15) is 0 Å². The van der Waals surface area contributed by atoms with Gasteiger partial charge in [-0.05, 0) is 44.0 Å². The Kier molecular flexibility index (Phi) is 7.17. The number of hydrogen-bond acceptors (Lipinski definition) is 3. The van der Waals surface area contributed by atoms with Crippen molar-refractivity contribution in [2.75, 3.05) is 22.3 Å². The SMILES string of the molecule is CCCCCNC(=O)Nc1ccc(NS(=O)(=O)CC)c(C)c1. The second-order valence-corrected chi connectivity index (χ2v) is 7.13. The number of unbranched alkanes of at least 4 members (excludes halogenated alkanes) is 2. The summed E-state index contributed by atoms with van der Waals surface area (Å²) in [7, 11) is -3.30. The summed E-state index contributed by atoms with van der Waals surface area (Å²) >= 11 is 0. The molecule has 0 heterocycles. The van der Waals surface area contributed by atoms with Crippen LogP contribution in [0.3, 0.4) is 0 Å². The number of amides is 2. The summed E-state index contributed by atoms with van der Waals surface area (Å²) < 4.78 is 25.6. The minimum atomic E-state index is -3.30. The smallest absolute Gasteiger partial charge is 0.319 e. The van der Waals surface area contributed by atoms with Crippen LogP contribution in [0.25, 0.3) is 0 Å². The highest BCUT2D eigenvalue weighted by Crippen LogP contribution is 2.20. The Bertz CT molecular complexity index is 600. The maximum atomic E-state index is 11.7. The minimum Gasteiger partial charge on any atom is -0.338 e. The van der Waals surface area contributed by atoms with Crippen molar-refractivity contribution >= 4 is 27.4 Å². The highest BCUT2D eigenvalue weighted by molar-refractivity contribution is 7.92. The summed E-state index contributed by atoms with van der Waals surface area (Å²) in [5.74, 6) is 0.0204. The van der Waals surface area contributed by atoms with Gasteiger partial charge in [-0.15, -0.1) is 0 Å². The van der Waals surface area contributed by atoms with Gasteiger partial charge in [0, 0.05) is 12.2 Å². The third kappa shape index (κ3) is 6.34. The van der Waals surface area contributed by atoms with Gasteiger partial charge in [0.2, 0.25) is 10.0 Å². The lowest BCUT2D eigenvalue weighted by Crippen LogP contribution is -2.29. The molecule has 0 spiro atoms. The first-order valence-corrected chi connectivity index (χ1v) is 9.19. The monoisotopic (exact) mass is 327 g/mol. The molecule has 0 aliphatic carbocycles. The lowest BCUT2D eigenvalue weighted by molar-refractivity contribution is 0.252. The summed E-state index contributed by atoms with van der Waals surface area (Å²) in [6.07, 6.45) is 3.16. The molecule has 22 heavy (non-hydrogen) atoms. The molecule has 3 N–H and O–H groups in total. The molecule has 0 aliphatic heterocycles. The standard InChI is InChI=1S/C15H25N3O3S/c1-4-6-7-10-16-15(19)17-13-8-9-14(12(3)11-13)18-22(20,21)5-2/h8-9,11,18H,4-7,10H2,1-3H3,(H2,16,17,19). The molecule has 0 saturated heterocycles. The van der Waals surface area contributed by atoms with Gasteiger partial charge in [-0.1, -0.05) is 19.8 Å². The van der Waals surface area contributed by atoms with Gasteiger partial charge >= 0.3 is 6.03 Å². The van der Waals surface area contributed by atoms with E-state index >= 15 is 0 Å². The topological polar surface area (TPSA) is 87.3 Å². The highest BCUT2D eigenvalue weighted by Gasteiger charge is 2.09. The van der Waals surface area contributed by atoms with E-state index in [4.69, 9.17) is 0 Å².